The van der Waals surface area contributed by atoms with E-state index in [4.69, 9.17) is 16.3 Å². The van der Waals surface area contributed by atoms with Crippen molar-refractivity contribution >= 4 is 39.1 Å². The third-order valence-corrected chi connectivity index (χ3v) is 7.85. The zero-order valence-electron chi connectivity index (χ0n) is 21.8. The van der Waals surface area contributed by atoms with Gasteiger partial charge in [0.25, 0.3) is 10.0 Å². The molecule has 38 heavy (non-hydrogen) atoms. The van der Waals surface area contributed by atoms with Crippen LogP contribution in [0.5, 0.6) is 5.75 Å². The number of amides is 2. The number of anilines is 1. The van der Waals surface area contributed by atoms with Crippen molar-refractivity contribution in [1.82, 2.24) is 10.2 Å². The van der Waals surface area contributed by atoms with Crippen LogP contribution in [0.1, 0.15) is 26.3 Å². The first-order valence-electron chi connectivity index (χ1n) is 12.1. The Bertz CT molecular complexity index is 1350. The molecule has 0 saturated heterocycles. The molecular formula is C28H32ClN3O5S. The Morgan fingerprint density at radius 1 is 0.921 bits per heavy atom. The summed E-state index contributed by atoms with van der Waals surface area (Å²) in [6.45, 7) is 4.79. The summed E-state index contributed by atoms with van der Waals surface area (Å²) in [5, 5.41) is 3.36. The zero-order valence-corrected chi connectivity index (χ0v) is 23.4. The van der Waals surface area contributed by atoms with Crippen LogP contribution in [0.2, 0.25) is 5.02 Å². The van der Waals surface area contributed by atoms with E-state index in [2.05, 4.69) is 5.32 Å². The number of rotatable bonds is 11. The lowest BCUT2D eigenvalue weighted by Gasteiger charge is -2.32. The van der Waals surface area contributed by atoms with Crippen LogP contribution >= 0.6 is 11.6 Å². The van der Waals surface area contributed by atoms with Gasteiger partial charge in [0.05, 0.1) is 17.7 Å². The van der Waals surface area contributed by atoms with E-state index in [1.54, 1.807) is 73.7 Å². The number of ether oxygens (including phenoxy) is 1. The number of hydrogen-bond acceptors (Lipinski definition) is 5. The molecule has 3 aromatic rings. The molecule has 0 spiro atoms. The fraction of sp³-hybridized carbons (Fsp3) is 0.286. The first kappa shape index (κ1) is 29.0. The number of halogens is 1. The Balaban J connectivity index is 2.05. The van der Waals surface area contributed by atoms with Crippen molar-refractivity contribution in [2.75, 3.05) is 18.0 Å². The molecular weight excluding hydrogens is 526 g/mol. The molecule has 3 aromatic carbocycles. The first-order valence-corrected chi connectivity index (χ1v) is 13.9. The highest BCUT2D eigenvalue weighted by Gasteiger charge is 2.33. The third kappa shape index (κ3) is 7.05. The van der Waals surface area contributed by atoms with Gasteiger partial charge in [0.1, 0.15) is 18.3 Å². The van der Waals surface area contributed by atoms with Crippen LogP contribution in [0.25, 0.3) is 0 Å². The van der Waals surface area contributed by atoms with Gasteiger partial charge < -0.3 is 15.0 Å². The molecule has 0 bridgehead atoms. The molecule has 8 nitrogen and oxygen atoms in total. The van der Waals surface area contributed by atoms with Crippen molar-refractivity contribution < 1.29 is 22.7 Å². The van der Waals surface area contributed by atoms with Crippen LogP contribution in [0.3, 0.4) is 0 Å². The molecule has 0 heterocycles. The summed E-state index contributed by atoms with van der Waals surface area (Å²) in [5.74, 6) is -0.622. The van der Waals surface area contributed by atoms with Crippen LogP contribution in [-0.4, -0.2) is 50.9 Å². The molecule has 0 aliphatic carbocycles. The minimum Gasteiger partial charge on any atom is -0.495 e. The second kappa shape index (κ2) is 12.8. The second-order valence-corrected chi connectivity index (χ2v) is 11.3. The molecule has 202 valence electrons. The van der Waals surface area contributed by atoms with Gasteiger partial charge in [-0.15, -0.1) is 0 Å². The number of nitrogens with zero attached hydrogens (tertiary/aromatic N) is 2. The summed E-state index contributed by atoms with van der Waals surface area (Å²) in [4.78, 5) is 28.2. The largest absolute Gasteiger partial charge is 0.495 e. The van der Waals surface area contributed by atoms with E-state index >= 15 is 0 Å². The number of carbonyl (C=O) groups excluding carboxylic acids is 2. The summed E-state index contributed by atoms with van der Waals surface area (Å²) >= 11 is 6.02. The van der Waals surface area contributed by atoms with Gasteiger partial charge in [-0.1, -0.05) is 54.1 Å². The smallest absolute Gasteiger partial charge is 0.264 e. The van der Waals surface area contributed by atoms with E-state index in [9.17, 15) is 18.0 Å². The Labute approximate surface area is 229 Å². The Kier molecular flexibility index (Phi) is 9.77. The lowest BCUT2D eigenvalue weighted by Crippen LogP contribution is -2.52. The van der Waals surface area contributed by atoms with Gasteiger partial charge in [-0.2, -0.15) is 0 Å². The quantitative estimate of drug-likeness (QED) is 0.375. The maximum absolute atomic E-state index is 13.9. The normalized spacial score (nSPS) is 12.1. The molecule has 0 saturated carbocycles. The minimum absolute atomic E-state index is 0.0218. The number of carbonyl (C=O) groups is 2. The first-order chi connectivity index (χ1) is 18.0. The summed E-state index contributed by atoms with van der Waals surface area (Å²) in [5.41, 5.74) is 0.944. The van der Waals surface area contributed by atoms with Gasteiger partial charge in [0.2, 0.25) is 11.8 Å². The summed E-state index contributed by atoms with van der Waals surface area (Å²) < 4.78 is 34.1. The molecule has 1 atom stereocenters. The SMILES string of the molecule is COc1ccccc1N(CC(=O)N(Cc1ccc(Cl)cc1)[C@@H](C)C(=O)NC(C)C)S(=O)(=O)c1ccccc1. The number of para-hydroxylation sites is 2. The molecule has 0 aromatic heterocycles. The van der Waals surface area contributed by atoms with E-state index in [1.165, 1.54) is 24.1 Å². The van der Waals surface area contributed by atoms with Gasteiger partial charge in [-0.25, -0.2) is 8.42 Å². The van der Waals surface area contributed by atoms with Crippen LogP contribution in [-0.2, 0) is 26.2 Å². The predicted molar refractivity (Wildman–Crippen MR) is 149 cm³/mol. The van der Waals surface area contributed by atoms with Gasteiger partial charge in [0, 0.05) is 17.6 Å². The standard InChI is InChI=1S/C28H32ClN3O5S/c1-20(2)30-28(34)21(3)31(18-22-14-16-23(29)17-15-22)27(33)19-32(25-12-8-9-13-26(25)37-4)38(35,36)24-10-6-5-7-11-24/h5-17,20-21H,18-19H2,1-4H3,(H,30,34)/t21-/m0/s1. The Hall–Kier alpha value is -3.56. The second-order valence-electron chi connectivity index (χ2n) is 8.98. The topological polar surface area (TPSA) is 96.0 Å². The predicted octanol–water partition coefficient (Wildman–Crippen LogP) is 4.49. The maximum atomic E-state index is 13.9. The fourth-order valence-electron chi connectivity index (χ4n) is 3.84. The summed E-state index contributed by atoms with van der Waals surface area (Å²) in [7, 11) is -2.74. The monoisotopic (exact) mass is 557 g/mol. The van der Waals surface area contributed by atoms with Crippen LogP contribution in [0.4, 0.5) is 5.69 Å². The summed E-state index contributed by atoms with van der Waals surface area (Å²) in [6.07, 6.45) is 0. The Morgan fingerprint density at radius 2 is 1.53 bits per heavy atom. The number of benzene rings is 3. The molecule has 1 N–H and O–H groups in total. The van der Waals surface area contributed by atoms with E-state index in [1.807, 2.05) is 13.8 Å². The number of methoxy groups -OCH3 is 1. The highest BCUT2D eigenvalue weighted by molar-refractivity contribution is 7.92. The van der Waals surface area contributed by atoms with E-state index < -0.39 is 28.5 Å². The lowest BCUT2D eigenvalue weighted by atomic mass is 10.1. The van der Waals surface area contributed by atoms with Gasteiger partial charge in [-0.3, -0.25) is 13.9 Å². The van der Waals surface area contributed by atoms with Crippen LogP contribution in [0, 0.1) is 0 Å². The molecule has 0 unspecified atom stereocenters. The van der Waals surface area contributed by atoms with E-state index in [0.29, 0.717) is 5.02 Å². The Morgan fingerprint density at radius 3 is 2.13 bits per heavy atom. The van der Waals surface area contributed by atoms with E-state index in [0.717, 1.165) is 9.87 Å². The molecule has 2 amide bonds. The minimum atomic E-state index is -4.17. The van der Waals surface area contributed by atoms with Crippen molar-refractivity contribution in [3.05, 3.63) is 89.4 Å². The fourth-order valence-corrected chi connectivity index (χ4v) is 5.41. The van der Waals surface area contributed by atoms with E-state index in [-0.39, 0.29) is 34.8 Å². The van der Waals surface area contributed by atoms with Crippen molar-refractivity contribution in [3.8, 4) is 5.75 Å². The van der Waals surface area contributed by atoms with Crippen molar-refractivity contribution in [2.45, 2.75) is 44.3 Å². The molecule has 3 rings (SSSR count). The molecule has 0 radical (unpaired) electrons. The molecule has 0 aliphatic heterocycles. The van der Waals surface area contributed by atoms with Crippen molar-refractivity contribution in [1.29, 1.82) is 0 Å². The molecule has 0 aliphatic rings. The van der Waals surface area contributed by atoms with Gasteiger partial charge >= 0.3 is 0 Å². The highest BCUT2D eigenvalue weighted by atomic mass is 35.5. The van der Waals surface area contributed by atoms with Crippen LogP contribution in [0.15, 0.2) is 83.8 Å². The number of hydrogen-bond donors (Lipinski definition) is 1. The number of sulfonamides is 1. The highest BCUT2D eigenvalue weighted by Crippen LogP contribution is 2.32. The van der Waals surface area contributed by atoms with Gasteiger partial charge in [-0.05, 0) is 62.7 Å². The lowest BCUT2D eigenvalue weighted by molar-refractivity contribution is -0.139. The van der Waals surface area contributed by atoms with Gasteiger partial charge in [0.15, 0.2) is 0 Å². The zero-order chi connectivity index (χ0) is 27.9. The molecule has 10 heteroatoms. The van der Waals surface area contributed by atoms with Crippen LogP contribution < -0.4 is 14.4 Å². The summed E-state index contributed by atoms with van der Waals surface area (Å²) in [6, 6.07) is 20.3. The molecule has 0 fully saturated rings. The van der Waals surface area contributed by atoms with Crippen molar-refractivity contribution in [2.24, 2.45) is 0 Å². The van der Waals surface area contributed by atoms with Crippen molar-refractivity contribution in [3.63, 3.8) is 0 Å². The average Bonchev–Trinajstić information content (AvgIpc) is 2.90. The third-order valence-electron chi connectivity index (χ3n) is 5.83. The number of nitrogens with one attached hydrogen (secondary N) is 1. The maximum Gasteiger partial charge on any atom is 0.264 e. The average molecular weight is 558 g/mol.